The van der Waals surface area contributed by atoms with Crippen LogP contribution < -0.4 is 4.74 Å². The van der Waals surface area contributed by atoms with Gasteiger partial charge in [-0.3, -0.25) is 0 Å². The lowest BCUT2D eigenvalue weighted by Crippen LogP contribution is -2.01. The molecule has 2 heterocycles. The first-order valence-corrected chi connectivity index (χ1v) is 9.54. The molecule has 0 fully saturated rings. The van der Waals surface area contributed by atoms with Crippen LogP contribution in [-0.2, 0) is 0 Å². The fourth-order valence-corrected chi connectivity index (χ4v) is 3.33. The lowest BCUT2D eigenvalue weighted by Gasteiger charge is -2.09. The lowest BCUT2D eigenvalue weighted by molar-refractivity contribution is 0.415. The van der Waals surface area contributed by atoms with Gasteiger partial charge in [-0.25, -0.2) is 23.3 Å². The quantitative estimate of drug-likeness (QED) is 0.395. The number of hydrogen-bond acceptors (Lipinski definition) is 4. The van der Waals surface area contributed by atoms with Gasteiger partial charge in [-0.15, -0.1) is 0 Å². The molecule has 5 nitrogen and oxygen atoms in total. The molecule has 7 heteroatoms. The maximum atomic E-state index is 13.5. The second kappa shape index (κ2) is 7.60. The number of benzene rings is 3. The zero-order chi connectivity index (χ0) is 21.4. The summed E-state index contributed by atoms with van der Waals surface area (Å²) in [6, 6.07) is 19.5. The number of halogens is 2. The molecule has 0 aliphatic heterocycles. The number of ether oxygens (including phenoxy) is 1. The molecule has 0 bridgehead atoms. The minimum atomic E-state index is -0.344. The van der Waals surface area contributed by atoms with Crippen molar-refractivity contribution in [3.8, 4) is 39.5 Å². The van der Waals surface area contributed by atoms with Gasteiger partial charge < -0.3 is 4.74 Å². The summed E-state index contributed by atoms with van der Waals surface area (Å²) in [7, 11) is 1.61. The first-order valence-electron chi connectivity index (χ1n) is 9.54. The third-order valence-corrected chi connectivity index (χ3v) is 4.93. The van der Waals surface area contributed by atoms with Crippen molar-refractivity contribution in [2.75, 3.05) is 7.11 Å². The van der Waals surface area contributed by atoms with Crippen LogP contribution in [-0.4, -0.2) is 26.7 Å². The first kappa shape index (κ1) is 18.9. The average molecular weight is 414 g/mol. The van der Waals surface area contributed by atoms with Gasteiger partial charge in [0.25, 0.3) is 5.78 Å². The molecule has 31 heavy (non-hydrogen) atoms. The van der Waals surface area contributed by atoms with E-state index in [1.165, 1.54) is 24.3 Å². The van der Waals surface area contributed by atoms with Gasteiger partial charge in [0.1, 0.15) is 28.8 Å². The highest BCUT2D eigenvalue weighted by Crippen LogP contribution is 2.30. The van der Waals surface area contributed by atoms with Crippen LogP contribution in [0.15, 0.2) is 79.0 Å². The van der Waals surface area contributed by atoms with Crippen LogP contribution in [0.2, 0.25) is 0 Å². The summed E-state index contributed by atoms with van der Waals surface area (Å²) in [6.45, 7) is 0. The molecule has 0 N–H and O–H groups in total. The summed E-state index contributed by atoms with van der Waals surface area (Å²) < 4.78 is 33.7. The zero-order valence-electron chi connectivity index (χ0n) is 16.5. The number of nitrogens with zero attached hydrogens (tertiary/aromatic N) is 4. The third kappa shape index (κ3) is 3.61. The van der Waals surface area contributed by atoms with Crippen molar-refractivity contribution >= 4 is 5.78 Å². The molecule has 0 atom stereocenters. The van der Waals surface area contributed by atoms with Crippen molar-refractivity contribution in [3.63, 3.8) is 0 Å². The second-order valence-corrected chi connectivity index (χ2v) is 6.92. The molecule has 0 unspecified atom stereocenters. The Morgan fingerprint density at radius 1 is 0.677 bits per heavy atom. The van der Waals surface area contributed by atoms with E-state index in [1.807, 2.05) is 24.3 Å². The fraction of sp³-hybridized carbons (Fsp3) is 0.0417. The molecule has 0 aliphatic carbocycles. The van der Waals surface area contributed by atoms with Gasteiger partial charge in [0, 0.05) is 16.7 Å². The van der Waals surface area contributed by atoms with Crippen LogP contribution in [0.5, 0.6) is 5.75 Å². The van der Waals surface area contributed by atoms with Gasteiger partial charge in [0.2, 0.25) is 0 Å². The fourth-order valence-electron chi connectivity index (χ4n) is 3.33. The van der Waals surface area contributed by atoms with Crippen molar-refractivity contribution in [2.24, 2.45) is 0 Å². The van der Waals surface area contributed by atoms with Gasteiger partial charge in [0.05, 0.1) is 19.0 Å². The average Bonchev–Trinajstić information content (AvgIpc) is 3.22. The van der Waals surface area contributed by atoms with Crippen molar-refractivity contribution in [2.45, 2.75) is 0 Å². The van der Waals surface area contributed by atoms with E-state index in [4.69, 9.17) is 14.8 Å². The van der Waals surface area contributed by atoms with E-state index in [2.05, 4.69) is 4.98 Å². The Hall–Kier alpha value is -4.13. The van der Waals surface area contributed by atoms with E-state index in [-0.39, 0.29) is 11.6 Å². The van der Waals surface area contributed by atoms with Crippen molar-refractivity contribution in [1.29, 1.82) is 0 Å². The number of rotatable bonds is 4. The maximum absolute atomic E-state index is 13.5. The predicted octanol–water partition coefficient (Wildman–Crippen LogP) is 5.41. The van der Waals surface area contributed by atoms with Crippen LogP contribution >= 0.6 is 0 Å². The minimum Gasteiger partial charge on any atom is -0.497 e. The van der Waals surface area contributed by atoms with Crippen LogP contribution in [0, 0.1) is 11.6 Å². The maximum Gasteiger partial charge on any atom is 0.251 e. The lowest BCUT2D eigenvalue weighted by atomic mass is 10.0. The molecule has 0 radical (unpaired) electrons. The first-order chi connectivity index (χ1) is 15.1. The number of methoxy groups -OCH3 is 1. The van der Waals surface area contributed by atoms with E-state index < -0.39 is 0 Å². The van der Waals surface area contributed by atoms with Gasteiger partial charge in [0.15, 0.2) is 0 Å². The Bertz CT molecular complexity index is 1280. The molecule has 0 spiro atoms. The number of imidazole rings is 1. The van der Waals surface area contributed by atoms with Crippen molar-refractivity contribution in [3.05, 3.63) is 90.6 Å². The standard InChI is InChI=1S/C24H16F2N4O/c1-31-20-12-6-15(7-13-20)21-14-30-24(27-21)28-22(16-2-8-18(25)9-3-16)23(29-30)17-4-10-19(26)11-5-17/h2-14H,1H3. The Morgan fingerprint density at radius 3 is 1.81 bits per heavy atom. The highest BCUT2D eigenvalue weighted by Gasteiger charge is 2.16. The molecule has 5 aromatic rings. The van der Waals surface area contributed by atoms with Gasteiger partial charge in [-0.1, -0.05) is 0 Å². The van der Waals surface area contributed by atoms with Gasteiger partial charge in [-0.2, -0.15) is 5.10 Å². The normalized spacial score (nSPS) is 11.1. The molecule has 2 aromatic heterocycles. The highest BCUT2D eigenvalue weighted by molar-refractivity contribution is 5.78. The van der Waals surface area contributed by atoms with Crippen molar-refractivity contribution in [1.82, 2.24) is 19.6 Å². The third-order valence-electron chi connectivity index (χ3n) is 4.93. The molecule has 152 valence electrons. The Balaban J connectivity index is 1.69. The molecular weight excluding hydrogens is 398 g/mol. The summed E-state index contributed by atoms with van der Waals surface area (Å²) in [4.78, 5) is 9.31. The number of aromatic nitrogens is 4. The minimum absolute atomic E-state index is 0.342. The number of hydrogen-bond donors (Lipinski definition) is 0. The Morgan fingerprint density at radius 2 is 1.23 bits per heavy atom. The smallest absolute Gasteiger partial charge is 0.251 e. The zero-order valence-corrected chi connectivity index (χ0v) is 16.5. The Labute approximate surface area is 176 Å². The van der Waals surface area contributed by atoms with Gasteiger partial charge in [-0.05, 0) is 72.8 Å². The molecule has 0 amide bonds. The van der Waals surface area contributed by atoms with E-state index in [1.54, 1.807) is 42.1 Å². The molecular formula is C24H16F2N4O. The van der Waals surface area contributed by atoms with Crippen LogP contribution in [0.4, 0.5) is 8.78 Å². The second-order valence-electron chi connectivity index (χ2n) is 6.92. The summed E-state index contributed by atoms with van der Waals surface area (Å²) >= 11 is 0. The van der Waals surface area contributed by atoms with E-state index in [0.29, 0.717) is 34.0 Å². The number of fused-ring (bicyclic) bond motifs is 1. The van der Waals surface area contributed by atoms with Crippen LogP contribution in [0.25, 0.3) is 39.5 Å². The molecule has 3 aromatic carbocycles. The van der Waals surface area contributed by atoms with Crippen LogP contribution in [0.3, 0.4) is 0 Å². The molecule has 0 saturated carbocycles. The van der Waals surface area contributed by atoms with Crippen LogP contribution in [0.1, 0.15) is 0 Å². The summed E-state index contributed by atoms with van der Waals surface area (Å²) in [5.74, 6) is 0.464. The summed E-state index contributed by atoms with van der Waals surface area (Å²) in [5, 5.41) is 4.70. The SMILES string of the molecule is COc1ccc(-c2cn3nc(-c4ccc(F)cc4)c(-c4ccc(F)cc4)nc3n2)cc1. The molecule has 0 saturated heterocycles. The topological polar surface area (TPSA) is 52.3 Å². The van der Waals surface area contributed by atoms with Crippen molar-refractivity contribution < 1.29 is 13.5 Å². The van der Waals surface area contributed by atoms with E-state index in [0.717, 1.165) is 11.3 Å². The largest absolute Gasteiger partial charge is 0.497 e. The summed E-state index contributed by atoms with van der Waals surface area (Å²) in [5.41, 5.74) is 4.03. The molecule has 5 rings (SSSR count). The molecule has 0 aliphatic rings. The highest BCUT2D eigenvalue weighted by atomic mass is 19.1. The van der Waals surface area contributed by atoms with E-state index in [9.17, 15) is 8.78 Å². The Kier molecular flexibility index (Phi) is 4.63. The van der Waals surface area contributed by atoms with Gasteiger partial charge >= 0.3 is 0 Å². The van der Waals surface area contributed by atoms with E-state index >= 15 is 0 Å². The summed E-state index contributed by atoms with van der Waals surface area (Å²) in [6.07, 6.45) is 1.78. The monoisotopic (exact) mass is 414 g/mol. The predicted molar refractivity (Wildman–Crippen MR) is 114 cm³/mol.